The molecule has 0 unspecified atom stereocenters. The Bertz CT molecular complexity index is 1190. The van der Waals surface area contributed by atoms with E-state index in [-0.39, 0.29) is 23.3 Å². The van der Waals surface area contributed by atoms with Gasteiger partial charge in [0.2, 0.25) is 5.95 Å². The van der Waals surface area contributed by atoms with Gasteiger partial charge in [-0.15, -0.1) is 0 Å². The molecule has 1 aliphatic heterocycles. The Balaban J connectivity index is 1.74. The summed E-state index contributed by atoms with van der Waals surface area (Å²) in [6.45, 7) is 0.667. The molecule has 1 atom stereocenters. The van der Waals surface area contributed by atoms with Gasteiger partial charge in [0.25, 0.3) is 10.0 Å². The van der Waals surface area contributed by atoms with Gasteiger partial charge in [-0.2, -0.15) is 4.31 Å². The van der Waals surface area contributed by atoms with Crippen molar-refractivity contribution in [1.82, 2.24) is 23.8 Å². The zero-order valence-electron chi connectivity index (χ0n) is 17.7. The van der Waals surface area contributed by atoms with E-state index in [2.05, 4.69) is 9.97 Å². The number of sulfonamides is 1. The first-order chi connectivity index (χ1) is 14.8. The summed E-state index contributed by atoms with van der Waals surface area (Å²) in [5, 5.41) is 0.0293. The molecule has 1 fully saturated rings. The highest BCUT2D eigenvalue weighted by molar-refractivity contribution is 7.89. The third-order valence-corrected chi connectivity index (χ3v) is 7.18. The van der Waals surface area contributed by atoms with Crippen molar-refractivity contribution in [3.8, 4) is 11.1 Å². The van der Waals surface area contributed by atoms with Crippen LogP contribution in [0.15, 0.2) is 48.0 Å². The number of benzene rings is 1. The average Bonchev–Trinajstić information content (AvgIpc) is 3.21. The lowest BCUT2D eigenvalue weighted by atomic mass is 9.90. The summed E-state index contributed by atoms with van der Waals surface area (Å²) in [5.74, 6) is -0.0536. The van der Waals surface area contributed by atoms with Crippen LogP contribution in [-0.2, 0) is 17.1 Å². The average molecular weight is 445 g/mol. The van der Waals surface area contributed by atoms with E-state index in [1.54, 1.807) is 40.9 Å². The molecule has 1 saturated heterocycles. The third-order valence-electron chi connectivity index (χ3n) is 5.43. The van der Waals surface area contributed by atoms with Gasteiger partial charge in [-0.3, -0.25) is 0 Å². The van der Waals surface area contributed by atoms with Crippen LogP contribution in [0.4, 0.5) is 10.3 Å². The SMILES string of the molecule is CN(C)c1ncc(-c2ccccc2F)c([C@@H]2CCCN(S(=O)(=O)c3cn(C)cn3)C2)n1. The predicted octanol–water partition coefficient (Wildman–Crippen LogP) is 2.65. The highest BCUT2D eigenvalue weighted by Gasteiger charge is 2.34. The number of rotatable bonds is 5. The van der Waals surface area contributed by atoms with Gasteiger partial charge in [0.1, 0.15) is 5.82 Å². The summed E-state index contributed by atoms with van der Waals surface area (Å²) in [6.07, 6.45) is 6.02. The first-order valence-corrected chi connectivity index (χ1v) is 11.5. The van der Waals surface area contributed by atoms with E-state index in [4.69, 9.17) is 4.98 Å². The van der Waals surface area contributed by atoms with Gasteiger partial charge in [-0.05, 0) is 18.9 Å². The zero-order chi connectivity index (χ0) is 22.2. The maximum atomic E-state index is 14.6. The van der Waals surface area contributed by atoms with Gasteiger partial charge in [0, 0.05) is 63.7 Å². The van der Waals surface area contributed by atoms with Crippen molar-refractivity contribution in [2.45, 2.75) is 23.8 Å². The van der Waals surface area contributed by atoms with Gasteiger partial charge < -0.3 is 9.47 Å². The van der Waals surface area contributed by atoms with Crippen LogP contribution < -0.4 is 4.90 Å². The number of halogens is 1. The zero-order valence-corrected chi connectivity index (χ0v) is 18.5. The van der Waals surface area contributed by atoms with Crippen molar-refractivity contribution in [2.75, 3.05) is 32.1 Å². The van der Waals surface area contributed by atoms with Crippen LogP contribution in [-0.4, -0.2) is 59.4 Å². The Morgan fingerprint density at radius 1 is 1.16 bits per heavy atom. The Morgan fingerprint density at radius 3 is 2.61 bits per heavy atom. The molecule has 0 saturated carbocycles. The standard InChI is InChI=1S/C21H25FN6O2S/c1-26(2)21-23-11-17(16-8-4-5-9-18(16)22)20(25-21)15-7-6-10-28(12-15)31(29,30)19-13-27(3)14-24-19/h4-5,8-9,11,13-15H,6-7,10,12H2,1-3H3/t15-/m1/s1. The van der Waals surface area contributed by atoms with E-state index in [1.807, 2.05) is 14.1 Å². The molecule has 31 heavy (non-hydrogen) atoms. The van der Waals surface area contributed by atoms with E-state index in [0.29, 0.717) is 35.7 Å². The Kier molecular flexibility index (Phi) is 5.76. The number of hydrogen-bond donors (Lipinski definition) is 0. The fourth-order valence-corrected chi connectivity index (χ4v) is 5.33. The second-order valence-corrected chi connectivity index (χ2v) is 9.81. The molecule has 3 aromatic rings. The van der Waals surface area contributed by atoms with E-state index in [0.717, 1.165) is 6.42 Å². The lowest BCUT2D eigenvalue weighted by molar-refractivity contribution is 0.312. The monoisotopic (exact) mass is 444 g/mol. The van der Waals surface area contributed by atoms with Crippen LogP contribution in [0.2, 0.25) is 0 Å². The number of aromatic nitrogens is 4. The van der Waals surface area contributed by atoms with Crippen LogP contribution in [0, 0.1) is 5.82 Å². The Hall–Kier alpha value is -2.85. The topological polar surface area (TPSA) is 84.2 Å². The number of nitrogens with zero attached hydrogens (tertiary/aromatic N) is 6. The summed E-state index contributed by atoms with van der Waals surface area (Å²) in [6, 6.07) is 6.49. The fraction of sp³-hybridized carbons (Fsp3) is 0.381. The van der Waals surface area contributed by atoms with E-state index in [9.17, 15) is 12.8 Å². The molecule has 0 radical (unpaired) electrons. The highest BCUT2D eigenvalue weighted by Crippen LogP contribution is 2.36. The summed E-state index contributed by atoms with van der Waals surface area (Å²) in [4.78, 5) is 14.9. The van der Waals surface area contributed by atoms with Crippen molar-refractivity contribution >= 4 is 16.0 Å². The fourth-order valence-electron chi connectivity index (χ4n) is 3.84. The third kappa shape index (κ3) is 4.17. The molecular formula is C21H25FN6O2S. The van der Waals surface area contributed by atoms with Crippen LogP contribution in [0.1, 0.15) is 24.5 Å². The summed E-state index contributed by atoms with van der Waals surface area (Å²) in [5.41, 5.74) is 1.66. The lowest BCUT2D eigenvalue weighted by Crippen LogP contribution is -2.39. The quantitative estimate of drug-likeness (QED) is 0.602. The van der Waals surface area contributed by atoms with Crippen molar-refractivity contribution in [3.05, 3.63) is 54.5 Å². The molecule has 164 valence electrons. The molecule has 8 nitrogen and oxygen atoms in total. The van der Waals surface area contributed by atoms with Gasteiger partial charge >= 0.3 is 0 Å². The molecule has 0 amide bonds. The molecule has 0 N–H and O–H groups in total. The van der Waals surface area contributed by atoms with Crippen LogP contribution in [0.3, 0.4) is 0 Å². The molecule has 0 spiro atoms. The number of anilines is 1. The summed E-state index contributed by atoms with van der Waals surface area (Å²) >= 11 is 0. The van der Waals surface area contributed by atoms with Crippen molar-refractivity contribution < 1.29 is 12.8 Å². The van der Waals surface area contributed by atoms with Crippen molar-refractivity contribution in [3.63, 3.8) is 0 Å². The minimum atomic E-state index is -3.72. The predicted molar refractivity (Wildman–Crippen MR) is 116 cm³/mol. The molecule has 10 heteroatoms. The number of aryl methyl sites for hydroxylation is 1. The van der Waals surface area contributed by atoms with Crippen LogP contribution in [0.25, 0.3) is 11.1 Å². The lowest BCUT2D eigenvalue weighted by Gasteiger charge is -2.32. The second kappa shape index (κ2) is 8.35. The van der Waals surface area contributed by atoms with Gasteiger partial charge in [-0.1, -0.05) is 18.2 Å². The van der Waals surface area contributed by atoms with E-state index < -0.39 is 10.0 Å². The molecular weight excluding hydrogens is 419 g/mol. The Labute approximate surface area is 181 Å². The molecule has 0 bridgehead atoms. The number of hydrogen-bond acceptors (Lipinski definition) is 6. The maximum absolute atomic E-state index is 14.6. The number of piperidine rings is 1. The first-order valence-electron chi connectivity index (χ1n) is 10.0. The molecule has 1 aliphatic rings. The van der Waals surface area contributed by atoms with E-state index >= 15 is 0 Å². The van der Waals surface area contributed by atoms with Gasteiger partial charge in [0.05, 0.1) is 12.0 Å². The van der Waals surface area contributed by atoms with Crippen LogP contribution >= 0.6 is 0 Å². The smallest absolute Gasteiger partial charge is 0.262 e. The highest BCUT2D eigenvalue weighted by atomic mass is 32.2. The van der Waals surface area contributed by atoms with Crippen molar-refractivity contribution in [1.29, 1.82) is 0 Å². The molecule has 4 rings (SSSR count). The molecule has 0 aliphatic carbocycles. The minimum absolute atomic E-state index is 0.0293. The maximum Gasteiger partial charge on any atom is 0.262 e. The van der Waals surface area contributed by atoms with Gasteiger partial charge in [-0.25, -0.2) is 27.8 Å². The molecule has 3 heterocycles. The minimum Gasteiger partial charge on any atom is -0.347 e. The molecule has 2 aromatic heterocycles. The summed E-state index contributed by atoms with van der Waals surface area (Å²) < 4.78 is 43.9. The van der Waals surface area contributed by atoms with Gasteiger partial charge in [0.15, 0.2) is 5.03 Å². The molecule has 1 aromatic carbocycles. The Morgan fingerprint density at radius 2 is 1.94 bits per heavy atom. The van der Waals surface area contributed by atoms with Crippen LogP contribution in [0.5, 0.6) is 0 Å². The summed E-state index contributed by atoms with van der Waals surface area (Å²) in [7, 11) is 1.68. The van der Waals surface area contributed by atoms with Crippen molar-refractivity contribution in [2.24, 2.45) is 7.05 Å². The second-order valence-electron chi connectivity index (χ2n) is 7.92. The normalized spacial score (nSPS) is 17.6. The first kappa shape index (κ1) is 21.4. The number of imidazole rings is 1. The van der Waals surface area contributed by atoms with E-state index in [1.165, 1.54) is 22.9 Å². The largest absolute Gasteiger partial charge is 0.347 e.